The highest BCUT2D eigenvalue weighted by molar-refractivity contribution is 5.83. The standard InChI is InChI=1S/C10H10N/c1-8-7-11(2)10-6-4-3-5-9(8)10/h3-7H,2H2,1H3. The van der Waals surface area contributed by atoms with Crippen LogP contribution < -0.4 is 0 Å². The Balaban J connectivity index is 2.95. The van der Waals surface area contributed by atoms with Crippen LogP contribution >= 0.6 is 0 Å². The molecule has 0 amide bonds. The van der Waals surface area contributed by atoms with Crippen molar-refractivity contribution < 1.29 is 0 Å². The summed E-state index contributed by atoms with van der Waals surface area (Å²) in [6, 6.07) is 8.28. The number of benzene rings is 1. The Labute approximate surface area is 66.3 Å². The molecule has 0 fully saturated rings. The molecule has 0 N–H and O–H groups in total. The van der Waals surface area contributed by atoms with Crippen LogP contribution in [0.25, 0.3) is 10.9 Å². The maximum Gasteiger partial charge on any atom is 0.0483 e. The third-order valence-corrected chi connectivity index (χ3v) is 1.99. The fourth-order valence-corrected chi connectivity index (χ4v) is 1.43. The monoisotopic (exact) mass is 144 g/mol. The summed E-state index contributed by atoms with van der Waals surface area (Å²) in [6.07, 6.45) is 2.05. The molecule has 1 aromatic carbocycles. The summed E-state index contributed by atoms with van der Waals surface area (Å²) >= 11 is 0. The lowest BCUT2D eigenvalue weighted by molar-refractivity contribution is 1.13. The van der Waals surface area contributed by atoms with E-state index < -0.39 is 0 Å². The SMILES string of the molecule is [CH2]n1cc(C)c2ccccc21. The normalized spacial score (nSPS) is 10.7. The summed E-state index contributed by atoms with van der Waals surface area (Å²) in [4.78, 5) is 0. The molecule has 0 saturated carbocycles. The largest absolute Gasteiger partial charge is 0.345 e. The van der Waals surface area contributed by atoms with Crippen molar-refractivity contribution in [3.05, 3.63) is 43.1 Å². The molecule has 0 bridgehead atoms. The minimum atomic E-state index is 1.20. The summed E-state index contributed by atoms with van der Waals surface area (Å²) in [5, 5.41) is 1.29. The fourth-order valence-electron chi connectivity index (χ4n) is 1.43. The number of rotatable bonds is 0. The summed E-state index contributed by atoms with van der Waals surface area (Å²) in [5.41, 5.74) is 2.49. The topological polar surface area (TPSA) is 4.93 Å². The number of hydrogen-bond acceptors (Lipinski definition) is 0. The minimum Gasteiger partial charge on any atom is -0.345 e. The summed E-state index contributed by atoms with van der Waals surface area (Å²) < 4.78 is 1.91. The molecule has 1 heteroatoms. The number of aromatic nitrogens is 1. The van der Waals surface area contributed by atoms with Gasteiger partial charge in [0.1, 0.15) is 0 Å². The van der Waals surface area contributed by atoms with Gasteiger partial charge in [0.25, 0.3) is 0 Å². The van der Waals surface area contributed by atoms with Gasteiger partial charge in [-0.2, -0.15) is 0 Å². The van der Waals surface area contributed by atoms with Crippen molar-refractivity contribution in [2.45, 2.75) is 6.92 Å². The van der Waals surface area contributed by atoms with Gasteiger partial charge in [0.2, 0.25) is 0 Å². The van der Waals surface area contributed by atoms with Crippen LogP contribution in [0.2, 0.25) is 0 Å². The van der Waals surface area contributed by atoms with Crippen LogP contribution in [0.1, 0.15) is 5.56 Å². The average Bonchev–Trinajstić information content (AvgIpc) is 2.30. The first-order chi connectivity index (χ1) is 5.29. The second-order valence-electron chi connectivity index (χ2n) is 2.80. The van der Waals surface area contributed by atoms with Crippen molar-refractivity contribution in [2.75, 3.05) is 0 Å². The molecule has 0 aliphatic rings. The van der Waals surface area contributed by atoms with Crippen molar-refractivity contribution in [1.82, 2.24) is 4.57 Å². The van der Waals surface area contributed by atoms with E-state index in [9.17, 15) is 0 Å². The van der Waals surface area contributed by atoms with E-state index in [0.29, 0.717) is 0 Å². The van der Waals surface area contributed by atoms with Crippen LogP contribution in [0.3, 0.4) is 0 Å². The highest BCUT2D eigenvalue weighted by atomic mass is 14.9. The second-order valence-corrected chi connectivity index (χ2v) is 2.80. The molecular weight excluding hydrogens is 134 g/mol. The Morgan fingerprint density at radius 3 is 2.73 bits per heavy atom. The molecule has 2 aromatic rings. The lowest BCUT2D eigenvalue weighted by Crippen LogP contribution is -1.78. The van der Waals surface area contributed by atoms with Crippen molar-refractivity contribution >= 4 is 10.9 Å². The van der Waals surface area contributed by atoms with Crippen LogP contribution in [0, 0.1) is 14.0 Å². The van der Waals surface area contributed by atoms with Crippen LogP contribution in [-0.4, -0.2) is 4.57 Å². The molecule has 2 rings (SSSR count). The molecule has 0 saturated heterocycles. The number of aryl methyl sites for hydroxylation is 1. The zero-order valence-electron chi connectivity index (χ0n) is 6.54. The van der Waals surface area contributed by atoms with Crippen molar-refractivity contribution in [2.24, 2.45) is 0 Å². The van der Waals surface area contributed by atoms with E-state index in [2.05, 4.69) is 32.2 Å². The Bertz CT molecular complexity index is 349. The summed E-state index contributed by atoms with van der Waals surface area (Å²) in [5.74, 6) is 0. The van der Waals surface area contributed by atoms with E-state index in [-0.39, 0.29) is 0 Å². The first kappa shape index (κ1) is 6.47. The van der Waals surface area contributed by atoms with E-state index in [4.69, 9.17) is 0 Å². The molecule has 1 nitrogen and oxygen atoms in total. The van der Waals surface area contributed by atoms with Gasteiger partial charge in [-0.05, 0) is 18.6 Å². The van der Waals surface area contributed by atoms with Crippen LogP contribution in [0.15, 0.2) is 30.5 Å². The van der Waals surface area contributed by atoms with E-state index in [0.717, 1.165) is 0 Å². The summed E-state index contributed by atoms with van der Waals surface area (Å²) in [6.45, 7) is 2.10. The maximum absolute atomic E-state index is 3.89. The lowest BCUT2D eigenvalue weighted by Gasteiger charge is -1.92. The minimum absolute atomic E-state index is 1.20. The number of fused-ring (bicyclic) bond motifs is 1. The number of nitrogens with zero attached hydrogens (tertiary/aromatic N) is 1. The van der Waals surface area contributed by atoms with E-state index in [1.165, 1.54) is 16.5 Å². The van der Waals surface area contributed by atoms with Gasteiger partial charge < -0.3 is 4.57 Å². The third-order valence-electron chi connectivity index (χ3n) is 1.99. The zero-order valence-corrected chi connectivity index (χ0v) is 6.54. The Hall–Kier alpha value is -1.24. The lowest BCUT2D eigenvalue weighted by atomic mass is 10.2. The fraction of sp³-hybridized carbons (Fsp3) is 0.100. The molecule has 0 aliphatic carbocycles. The van der Waals surface area contributed by atoms with Gasteiger partial charge in [-0.1, -0.05) is 18.2 Å². The molecular formula is C10H10N. The van der Waals surface area contributed by atoms with E-state index in [1.807, 2.05) is 16.8 Å². The maximum atomic E-state index is 3.89. The number of para-hydroxylation sites is 1. The van der Waals surface area contributed by atoms with Crippen molar-refractivity contribution in [1.29, 1.82) is 0 Å². The van der Waals surface area contributed by atoms with Gasteiger partial charge >= 0.3 is 0 Å². The van der Waals surface area contributed by atoms with Crippen LogP contribution in [0.4, 0.5) is 0 Å². The molecule has 0 aliphatic heterocycles. The van der Waals surface area contributed by atoms with Gasteiger partial charge in [-0.25, -0.2) is 0 Å². The molecule has 0 unspecified atom stereocenters. The second kappa shape index (κ2) is 2.12. The van der Waals surface area contributed by atoms with E-state index in [1.54, 1.807) is 0 Å². The molecule has 1 heterocycles. The van der Waals surface area contributed by atoms with Gasteiger partial charge in [-0.15, -0.1) is 0 Å². The average molecular weight is 144 g/mol. The molecule has 11 heavy (non-hydrogen) atoms. The van der Waals surface area contributed by atoms with Crippen molar-refractivity contribution in [3.63, 3.8) is 0 Å². The molecule has 0 atom stereocenters. The molecule has 1 aromatic heterocycles. The van der Waals surface area contributed by atoms with Crippen LogP contribution in [0.5, 0.6) is 0 Å². The highest BCUT2D eigenvalue weighted by Crippen LogP contribution is 2.18. The number of hydrogen-bond donors (Lipinski definition) is 0. The quantitative estimate of drug-likeness (QED) is 0.535. The van der Waals surface area contributed by atoms with Gasteiger partial charge in [0.05, 0.1) is 0 Å². The Morgan fingerprint density at radius 2 is 2.00 bits per heavy atom. The smallest absolute Gasteiger partial charge is 0.0483 e. The van der Waals surface area contributed by atoms with Gasteiger partial charge in [-0.3, -0.25) is 0 Å². The summed E-state index contributed by atoms with van der Waals surface area (Å²) in [7, 11) is 3.89. The molecule has 55 valence electrons. The van der Waals surface area contributed by atoms with Gasteiger partial charge in [0, 0.05) is 24.1 Å². The predicted octanol–water partition coefficient (Wildman–Crippen LogP) is 2.59. The zero-order chi connectivity index (χ0) is 7.84. The highest BCUT2D eigenvalue weighted by Gasteiger charge is 1.99. The van der Waals surface area contributed by atoms with Crippen LogP contribution in [-0.2, 0) is 0 Å². The predicted molar refractivity (Wildman–Crippen MR) is 47.4 cm³/mol. The molecule has 0 spiro atoms. The van der Waals surface area contributed by atoms with E-state index >= 15 is 0 Å². The van der Waals surface area contributed by atoms with Gasteiger partial charge in [0.15, 0.2) is 0 Å². The Morgan fingerprint density at radius 1 is 1.27 bits per heavy atom. The third kappa shape index (κ3) is 0.845. The molecule has 1 radical (unpaired) electrons. The first-order valence-corrected chi connectivity index (χ1v) is 3.66. The Kier molecular flexibility index (Phi) is 1.25. The van der Waals surface area contributed by atoms with Crippen molar-refractivity contribution in [3.8, 4) is 0 Å². The first-order valence-electron chi connectivity index (χ1n) is 3.66.